The van der Waals surface area contributed by atoms with Gasteiger partial charge in [0.05, 0.1) is 5.69 Å². The quantitative estimate of drug-likeness (QED) is 0.824. The molecule has 0 atom stereocenters. The van der Waals surface area contributed by atoms with Crippen molar-refractivity contribution in [1.29, 1.82) is 0 Å². The molecule has 0 aliphatic heterocycles. The van der Waals surface area contributed by atoms with Crippen LogP contribution in [0.3, 0.4) is 0 Å². The zero-order valence-electron chi connectivity index (χ0n) is 10.6. The number of rotatable bonds is 6. The van der Waals surface area contributed by atoms with E-state index in [0.717, 1.165) is 18.7 Å². The molecule has 1 aliphatic carbocycles. The first-order valence-electron chi connectivity index (χ1n) is 6.47. The van der Waals surface area contributed by atoms with Crippen LogP contribution in [0.1, 0.15) is 19.3 Å². The summed E-state index contributed by atoms with van der Waals surface area (Å²) in [4.78, 5) is 0. The van der Waals surface area contributed by atoms with Gasteiger partial charge in [-0.2, -0.15) is 4.68 Å². The van der Waals surface area contributed by atoms with Crippen molar-refractivity contribution < 1.29 is 0 Å². The van der Waals surface area contributed by atoms with Crippen LogP contribution in [0, 0.1) is 5.41 Å². The van der Waals surface area contributed by atoms with Crippen LogP contribution in [-0.4, -0.2) is 32.6 Å². The maximum atomic E-state index is 5.84. The van der Waals surface area contributed by atoms with Crippen molar-refractivity contribution in [1.82, 2.24) is 20.2 Å². The zero-order valence-corrected chi connectivity index (χ0v) is 11.3. The van der Waals surface area contributed by atoms with Gasteiger partial charge in [0, 0.05) is 12.4 Å². The number of nitrogens with zero attached hydrogens (tertiary/aromatic N) is 4. The molecule has 0 unspecified atom stereocenters. The highest BCUT2D eigenvalue weighted by Crippen LogP contribution is 2.48. The second-order valence-electron chi connectivity index (χ2n) is 5.04. The molecule has 1 aromatic carbocycles. The minimum atomic E-state index is 0.356. The summed E-state index contributed by atoms with van der Waals surface area (Å²) in [7, 11) is 0. The van der Waals surface area contributed by atoms with Crippen LogP contribution in [0.15, 0.2) is 30.3 Å². The Labute approximate surface area is 117 Å². The predicted molar refractivity (Wildman–Crippen MR) is 74.6 cm³/mol. The van der Waals surface area contributed by atoms with E-state index in [-0.39, 0.29) is 0 Å². The summed E-state index contributed by atoms with van der Waals surface area (Å²) in [5.41, 5.74) is 1.31. The summed E-state index contributed by atoms with van der Waals surface area (Å²) in [6, 6.07) is 9.87. The van der Waals surface area contributed by atoms with Crippen molar-refractivity contribution in [3.63, 3.8) is 0 Å². The van der Waals surface area contributed by atoms with Gasteiger partial charge in [-0.1, -0.05) is 23.3 Å². The summed E-state index contributed by atoms with van der Waals surface area (Å²) < 4.78 is 1.72. The molecule has 19 heavy (non-hydrogen) atoms. The molecule has 0 saturated heterocycles. The summed E-state index contributed by atoms with van der Waals surface area (Å²) in [5.74, 6) is 1.40. The van der Waals surface area contributed by atoms with Crippen molar-refractivity contribution in [2.24, 2.45) is 5.41 Å². The number of halogens is 1. The minimum absolute atomic E-state index is 0.356. The average Bonchev–Trinajstić information content (AvgIpc) is 3.05. The first-order chi connectivity index (χ1) is 9.33. The molecule has 1 aliphatic rings. The first kappa shape index (κ1) is 12.4. The highest BCUT2D eigenvalue weighted by molar-refractivity contribution is 6.17. The van der Waals surface area contributed by atoms with Gasteiger partial charge in [0.1, 0.15) is 0 Å². The molecule has 0 radical (unpaired) electrons. The Morgan fingerprint density at radius 3 is 2.74 bits per heavy atom. The average molecular weight is 278 g/mol. The van der Waals surface area contributed by atoms with Crippen molar-refractivity contribution >= 4 is 17.5 Å². The van der Waals surface area contributed by atoms with Gasteiger partial charge in [0.25, 0.3) is 0 Å². The van der Waals surface area contributed by atoms with Crippen molar-refractivity contribution in [3.8, 4) is 5.69 Å². The monoisotopic (exact) mass is 277 g/mol. The van der Waals surface area contributed by atoms with Gasteiger partial charge in [-0.15, -0.1) is 11.6 Å². The Morgan fingerprint density at radius 1 is 1.26 bits per heavy atom. The largest absolute Gasteiger partial charge is 0.352 e. The van der Waals surface area contributed by atoms with E-state index < -0.39 is 0 Å². The number of hydrogen-bond donors (Lipinski definition) is 1. The molecule has 6 heteroatoms. The zero-order chi connectivity index (χ0) is 13.1. The number of nitrogens with one attached hydrogen (secondary N) is 1. The molecule has 3 rings (SSSR count). The van der Waals surface area contributed by atoms with Gasteiger partial charge in [-0.25, -0.2) is 0 Å². The number of aromatic nitrogens is 4. The molecule has 1 N–H and O–H groups in total. The molecular formula is C13H16ClN5. The van der Waals surface area contributed by atoms with E-state index in [9.17, 15) is 0 Å². The molecule has 0 spiro atoms. The third-order valence-electron chi connectivity index (χ3n) is 3.67. The number of para-hydroxylation sites is 1. The summed E-state index contributed by atoms with van der Waals surface area (Å²) in [6.07, 6.45) is 3.52. The summed E-state index contributed by atoms with van der Waals surface area (Å²) in [5, 5.41) is 15.1. The fourth-order valence-corrected chi connectivity index (χ4v) is 2.60. The Bertz CT molecular complexity index is 535. The smallest absolute Gasteiger partial charge is 0.247 e. The molecule has 1 aromatic heterocycles. The summed E-state index contributed by atoms with van der Waals surface area (Å²) in [6.45, 7) is 0.882. The lowest BCUT2D eigenvalue weighted by Crippen LogP contribution is -2.18. The normalized spacial score (nSPS) is 16.3. The lowest BCUT2D eigenvalue weighted by atomic mass is 10.0. The Morgan fingerprint density at radius 2 is 2.05 bits per heavy atom. The first-order valence-corrected chi connectivity index (χ1v) is 7.00. The van der Waals surface area contributed by atoms with E-state index in [0.29, 0.717) is 17.2 Å². The maximum Gasteiger partial charge on any atom is 0.247 e. The van der Waals surface area contributed by atoms with Crippen LogP contribution in [0.5, 0.6) is 0 Å². The minimum Gasteiger partial charge on any atom is -0.352 e. The summed E-state index contributed by atoms with van der Waals surface area (Å²) >= 11 is 5.84. The fourth-order valence-electron chi connectivity index (χ4n) is 2.20. The van der Waals surface area contributed by atoms with Crippen LogP contribution < -0.4 is 5.32 Å². The van der Waals surface area contributed by atoms with Gasteiger partial charge >= 0.3 is 0 Å². The standard InChI is InChI=1S/C13H16ClN5/c14-9-8-13(6-7-13)10-15-12-16-17-18-19(12)11-4-2-1-3-5-11/h1-5H,6-10H2,(H,15,16,18). The van der Waals surface area contributed by atoms with Crippen LogP contribution >= 0.6 is 11.6 Å². The van der Waals surface area contributed by atoms with Crippen LogP contribution in [0.25, 0.3) is 5.69 Å². The van der Waals surface area contributed by atoms with Crippen molar-refractivity contribution in [2.75, 3.05) is 17.7 Å². The van der Waals surface area contributed by atoms with Gasteiger partial charge in [-0.3, -0.25) is 0 Å². The molecule has 0 bridgehead atoms. The molecule has 2 aromatic rings. The molecule has 5 nitrogen and oxygen atoms in total. The lowest BCUT2D eigenvalue weighted by Gasteiger charge is -2.14. The lowest BCUT2D eigenvalue weighted by molar-refractivity contribution is 0.522. The van der Waals surface area contributed by atoms with Crippen molar-refractivity contribution in [2.45, 2.75) is 19.3 Å². The Balaban J connectivity index is 1.71. The molecule has 100 valence electrons. The number of benzene rings is 1. The number of anilines is 1. The highest BCUT2D eigenvalue weighted by Gasteiger charge is 2.41. The third-order valence-corrected chi connectivity index (χ3v) is 3.86. The highest BCUT2D eigenvalue weighted by atomic mass is 35.5. The van der Waals surface area contributed by atoms with Crippen LogP contribution in [0.2, 0.25) is 0 Å². The fraction of sp³-hybridized carbons (Fsp3) is 0.462. The molecule has 1 saturated carbocycles. The SMILES string of the molecule is ClCCC1(CNc2nnnn2-c2ccccc2)CC1. The van der Waals surface area contributed by atoms with Crippen LogP contribution in [-0.2, 0) is 0 Å². The van der Waals surface area contributed by atoms with E-state index in [1.54, 1.807) is 4.68 Å². The van der Waals surface area contributed by atoms with Gasteiger partial charge in [0.15, 0.2) is 0 Å². The Hall–Kier alpha value is -1.62. The van der Waals surface area contributed by atoms with E-state index in [2.05, 4.69) is 20.8 Å². The van der Waals surface area contributed by atoms with Crippen LogP contribution in [0.4, 0.5) is 5.95 Å². The van der Waals surface area contributed by atoms with E-state index >= 15 is 0 Å². The topological polar surface area (TPSA) is 55.6 Å². The van der Waals surface area contributed by atoms with Gasteiger partial charge < -0.3 is 5.32 Å². The van der Waals surface area contributed by atoms with E-state index in [4.69, 9.17) is 11.6 Å². The molecule has 0 amide bonds. The van der Waals surface area contributed by atoms with E-state index in [1.807, 2.05) is 30.3 Å². The number of tetrazole rings is 1. The third kappa shape index (κ3) is 2.71. The van der Waals surface area contributed by atoms with Gasteiger partial charge in [-0.05, 0) is 47.2 Å². The molecule has 1 fully saturated rings. The molecular weight excluding hydrogens is 262 g/mol. The second-order valence-corrected chi connectivity index (χ2v) is 5.42. The van der Waals surface area contributed by atoms with E-state index in [1.165, 1.54) is 12.8 Å². The van der Waals surface area contributed by atoms with Crippen molar-refractivity contribution in [3.05, 3.63) is 30.3 Å². The predicted octanol–water partition coefficient (Wildman–Crippen LogP) is 2.48. The second kappa shape index (κ2) is 5.17. The Kier molecular flexibility index (Phi) is 3.38. The number of hydrogen-bond acceptors (Lipinski definition) is 4. The number of alkyl halides is 1. The maximum absolute atomic E-state index is 5.84. The molecule has 1 heterocycles. The van der Waals surface area contributed by atoms with Gasteiger partial charge in [0.2, 0.25) is 5.95 Å².